The van der Waals surface area contributed by atoms with Gasteiger partial charge in [0.05, 0.1) is 11.8 Å². The number of carbonyl (C=O) groups is 2. The summed E-state index contributed by atoms with van der Waals surface area (Å²) >= 11 is 0. The number of nitrogens with one attached hydrogen (secondary N) is 1. The predicted molar refractivity (Wildman–Crippen MR) is 97.6 cm³/mol. The monoisotopic (exact) mass is 388 g/mol. The van der Waals surface area contributed by atoms with Crippen LogP contribution in [0.15, 0.2) is 59.8 Å². The fraction of sp³-hybridized carbons (Fsp3) is 0.105. The Hall–Kier alpha value is -3.62. The lowest BCUT2D eigenvalue weighted by Gasteiger charge is -2.07. The average molecular weight is 388 g/mol. The third-order valence-electron chi connectivity index (χ3n) is 3.97. The largest absolute Gasteiger partial charge is 0.416 e. The van der Waals surface area contributed by atoms with Gasteiger partial charge < -0.3 is 10.3 Å². The zero-order chi connectivity index (χ0) is 20.3. The number of amides is 2. The van der Waals surface area contributed by atoms with Gasteiger partial charge >= 0.3 is 6.18 Å². The maximum absolute atomic E-state index is 12.7. The zero-order valence-electron chi connectivity index (χ0n) is 14.4. The minimum Gasteiger partial charge on any atom is -0.368 e. The summed E-state index contributed by atoms with van der Waals surface area (Å²) in [5, 5.41) is 4.60. The van der Waals surface area contributed by atoms with Crippen molar-refractivity contribution in [1.82, 2.24) is 9.99 Å². The molecule has 0 unspecified atom stereocenters. The number of para-hydroxylation sites is 1. The highest BCUT2D eigenvalue weighted by Gasteiger charge is 2.30. The van der Waals surface area contributed by atoms with Crippen molar-refractivity contribution < 1.29 is 22.8 Å². The summed E-state index contributed by atoms with van der Waals surface area (Å²) in [4.78, 5) is 23.3. The number of hydrazone groups is 1. The second-order valence-corrected chi connectivity index (χ2v) is 5.97. The summed E-state index contributed by atoms with van der Waals surface area (Å²) in [5.74, 6) is -1.29. The second-order valence-electron chi connectivity index (χ2n) is 5.97. The Labute approximate surface area is 157 Å². The van der Waals surface area contributed by atoms with Gasteiger partial charge in [0.2, 0.25) is 5.91 Å². The molecule has 0 spiro atoms. The summed E-state index contributed by atoms with van der Waals surface area (Å²) in [6.45, 7) is -0.0229. The molecule has 1 aromatic heterocycles. The van der Waals surface area contributed by atoms with Gasteiger partial charge in [0.1, 0.15) is 6.54 Å². The van der Waals surface area contributed by atoms with Crippen molar-refractivity contribution in [2.45, 2.75) is 12.7 Å². The minimum atomic E-state index is -4.54. The molecule has 2 amide bonds. The lowest BCUT2D eigenvalue weighted by Crippen LogP contribution is -2.18. The summed E-state index contributed by atoms with van der Waals surface area (Å²) < 4.78 is 39.9. The first-order valence-electron chi connectivity index (χ1n) is 8.12. The topological polar surface area (TPSA) is 89.5 Å². The molecule has 0 fully saturated rings. The van der Waals surface area contributed by atoms with Crippen molar-refractivity contribution in [1.29, 1.82) is 0 Å². The summed E-state index contributed by atoms with van der Waals surface area (Å²) in [6.07, 6.45) is -1.54. The van der Waals surface area contributed by atoms with E-state index in [2.05, 4.69) is 10.5 Å². The van der Waals surface area contributed by atoms with E-state index in [1.165, 1.54) is 12.3 Å². The highest BCUT2D eigenvalue weighted by Crippen LogP contribution is 2.29. The Morgan fingerprint density at radius 1 is 1.14 bits per heavy atom. The molecule has 0 radical (unpaired) electrons. The van der Waals surface area contributed by atoms with Crippen LogP contribution >= 0.6 is 0 Å². The fourth-order valence-electron chi connectivity index (χ4n) is 2.74. The van der Waals surface area contributed by atoms with Gasteiger partial charge in [-0.25, -0.2) is 5.43 Å². The standard InChI is InChI=1S/C19H15F3N4O2/c20-19(21,22)14-5-3-4-12(8-14)18(28)25-24-9-13-10-26(11-17(23)27)16-7-2-1-6-15(13)16/h1-10H,11H2,(H2,23,27)(H,25,28). The molecule has 0 aliphatic heterocycles. The van der Waals surface area contributed by atoms with Crippen molar-refractivity contribution in [3.05, 3.63) is 71.4 Å². The summed E-state index contributed by atoms with van der Waals surface area (Å²) in [5.41, 5.74) is 7.73. The average Bonchev–Trinajstić information content (AvgIpc) is 2.98. The van der Waals surface area contributed by atoms with E-state index >= 15 is 0 Å². The molecular weight excluding hydrogens is 373 g/mol. The van der Waals surface area contributed by atoms with Crippen LogP contribution in [0, 0.1) is 0 Å². The first-order chi connectivity index (χ1) is 13.3. The number of halogens is 3. The molecule has 0 saturated carbocycles. The third-order valence-corrected chi connectivity index (χ3v) is 3.97. The van der Waals surface area contributed by atoms with Crippen LogP contribution in [0.25, 0.3) is 10.9 Å². The van der Waals surface area contributed by atoms with Crippen LogP contribution in [0.3, 0.4) is 0 Å². The number of alkyl halides is 3. The molecule has 9 heteroatoms. The lowest BCUT2D eigenvalue weighted by molar-refractivity contribution is -0.137. The van der Waals surface area contributed by atoms with Crippen molar-refractivity contribution in [3.63, 3.8) is 0 Å². The van der Waals surface area contributed by atoms with E-state index in [1.54, 1.807) is 29.0 Å². The Bertz CT molecular complexity index is 1070. The molecular formula is C19H15F3N4O2. The number of aromatic nitrogens is 1. The number of primary amides is 1. The molecule has 0 atom stereocenters. The van der Waals surface area contributed by atoms with Crippen molar-refractivity contribution in [2.24, 2.45) is 10.8 Å². The van der Waals surface area contributed by atoms with E-state index < -0.39 is 23.6 Å². The lowest BCUT2D eigenvalue weighted by atomic mass is 10.1. The van der Waals surface area contributed by atoms with E-state index in [9.17, 15) is 22.8 Å². The molecule has 0 bridgehead atoms. The van der Waals surface area contributed by atoms with Gasteiger partial charge in [0.25, 0.3) is 5.91 Å². The van der Waals surface area contributed by atoms with Gasteiger partial charge in [-0.05, 0) is 24.3 Å². The van der Waals surface area contributed by atoms with Crippen LogP contribution < -0.4 is 11.2 Å². The van der Waals surface area contributed by atoms with Gasteiger partial charge in [-0.15, -0.1) is 0 Å². The summed E-state index contributed by atoms with van der Waals surface area (Å²) in [6, 6.07) is 11.3. The molecule has 2 aromatic carbocycles. The SMILES string of the molecule is NC(=O)Cn1cc(C=NNC(=O)c2cccc(C(F)(F)F)c2)c2ccccc21. The first kappa shape index (κ1) is 19.2. The zero-order valence-corrected chi connectivity index (χ0v) is 14.4. The van der Waals surface area contributed by atoms with E-state index in [4.69, 9.17) is 5.73 Å². The Morgan fingerprint density at radius 3 is 2.61 bits per heavy atom. The van der Waals surface area contributed by atoms with Gasteiger partial charge in [-0.2, -0.15) is 18.3 Å². The van der Waals surface area contributed by atoms with Crippen molar-refractivity contribution >= 4 is 28.9 Å². The maximum atomic E-state index is 12.7. The molecule has 3 N–H and O–H groups in total. The Morgan fingerprint density at radius 2 is 1.89 bits per heavy atom. The Balaban J connectivity index is 1.80. The Kier molecular flexibility index (Phi) is 5.16. The third kappa shape index (κ3) is 4.20. The van der Waals surface area contributed by atoms with E-state index in [1.807, 2.05) is 6.07 Å². The fourth-order valence-corrected chi connectivity index (χ4v) is 2.74. The number of nitrogens with zero attached hydrogens (tertiary/aromatic N) is 2. The molecule has 3 rings (SSSR count). The van der Waals surface area contributed by atoms with E-state index in [0.717, 1.165) is 29.1 Å². The van der Waals surface area contributed by atoms with Gasteiger partial charge in [-0.3, -0.25) is 9.59 Å². The number of fused-ring (bicyclic) bond motifs is 1. The number of nitrogens with two attached hydrogens (primary N) is 1. The number of hydrogen-bond acceptors (Lipinski definition) is 3. The molecule has 0 aliphatic carbocycles. The van der Waals surface area contributed by atoms with Crippen LogP contribution in [0.1, 0.15) is 21.5 Å². The van der Waals surface area contributed by atoms with Gasteiger partial charge in [-0.1, -0.05) is 24.3 Å². The van der Waals surface area contributed by atoms with Gasteiger partial charge in [0.15, 0.2) is 0 Å². The van der Waals surface area contributed by atoms with Crippen molar-refractivity contribution in [2.75, 3.05) is 0 Å². The molecule has 1 heterocycles. The molecule has 28 heavy (non-hydrogen) atoms. The number of carbonyl (C=O) groups excluding carboxylic acids is 2. The number of hydrogen-bond donors (Lipinski definition) is 2. The predicted octanol–water partition coefficient (Wildman–Crippen LogP) is 2.91. The van der Waals surface area contributed by atoms with Crippen LogP contribution in [0.5, 0.6) is 0 Å². The van der Waals surface area contributed by atoms with Crippen LogP contribution in [0.2, 0.25) is 0 Å². The minimum absolute atomic E-state index is 0.0229. The highest BCUT2D eigenvalue weighted by molar-refractivity contribution is 6.01. The van der Waals surface area contributed by atoms with E-state index in [0.29, 0.717) is 5.56 Å². The van der Waals surface area contributed by atoms with Crippen LogP contribution in [-0.4, -0.2) is 22.6 Å². The first-order valence-corrected chi connectivity index (χ1v) is 8.12. The van der Waals surface area contributed by atoms with Crippen LogP contribution in [-0.2, 0) is 17.5 Å². The number of benzene rings is 2. The molecule has 144 valence electrons. The second kappa shape index (κ2) is 7.55. The summed E-state index contributed by atoms with van der Waals surface area (Å²) in [7, 11) is 0. The van der Waals surface area contributed by atoms with E-state index in [-0.39, 0.29) is 12.1 Å². The molecule has 6 nitrogen and oxygen atoms in total. The highest BCUT2D eigenvalue weighted by atomic mass is 19.4. The van der Waals surface area contributed by atoms with Crippen molar-refractivity contribution in [3.8, 4) is 0 Å². The molecule has 0 aliphatic rings. The quantitative estimate of drug-likeness (QED) is 0.520. The van der Waals surface area contributed by atoms with Gasteiger partial charge in [0, 0.05) is 28.2 Å². The van der Waals surface area contributed by atoms with Crippen LogP contribution in [0.4, 0.5) is 13.2 Å². The number of rotatable bonds is 5. The normalized spacial score (nSPS) is 11.8. The molecule has 0 saturated heterocycles. The molecule has 3 aromatic rings. The maximum Gasteiger partial charge on any atom is 0.416 e. The smallest absolute Gasteiger partial charge is 0.368 e.